The largest absolute Gasteiger partial charge is 0.497 e. The van der Waals surface area contributed by atoms with E-state index >= 15 is 0 Å². The molecule has 0 radical (unpaired) electrons. The lowest BCUT2D eigenvalue weighted by Gasteiger charge is -2.13. The zero-order valence-corrected chi connectivity index (χ0v) is 10.3. The van der Waals surface area contributed by atoms with E-state index in [1.54, 1.807) is 7.11 Å². The number of aldehydes is 1. The molecule has 0 N–H and O–H groups in total. The lowest BCUT2D eigenvalue weighted by Crippen LogP contribution is -2.11. The third-order valence-electron chi connectivity index (χ3n) is 2.96. The molecule has 0 spiro atoms. The standard InChI is InChI=1S/C14H20O2/c1-11(2)13(10-15)7-4-12-5-8-14(16-3)9-6-12/h5-6,8-11,13H,4,7H2,1-3H3. The number of hydrogen-bond acceptors (Lipinski definition) is 2. The van der Waals surface area contributed by atoms with Crippen LogP contribution in [-0.2, 0) is 11.2 Å². The highest BCUT2D eigenvalue weighted by Crippen LogP contribution is 2.18. The van der Waals surface area contributed by atoms with Gasteiger partial charge in [0.05, 0.1) is 7.11 Å². The zero-order chi connectivity index (χ0) is 12.0. The number of carbonyl (C=O) groups is 1. The Bertz CT molecular complexity index is 314. The minimum Gasteiger partial charge on any atom is -0.497 e. The quantitative estimate of drug-likeness (QED) is 0.689. The molecule has 0 aliphatic rings. The molecule has 0 aromatic heterocycles. The fourth-order valence-electron chi connectivity index (χ4n) is 1.68. The van der Waals surface area contributed by atoms with Gasteiger partial charge < -0.3 is 9.53 Å². The molecule has 1 aromatic carbocycles. The van der Waals surface area contributed by atoms with Crippen molar-refractivity contribution in [3.63, 3.8) is 0 Å². The molecule has 1 aromatic rings. The number of methoxy groups -OCH3 is 1. The summed E-state index contributed by atoms with van der Waals surface area (Å²) >= 11 is 0. The van der Waals surface area contributed by atoms with Crippen molar-refractivity contribution in [3.05, 3.63) is 29.8 Å². The van der Waals surface area contributed by atoms with Gasteiger partial charge in [0, 0.05) is 5.92 Å². The normalized spacial score (nSPS) is 12.5. The molecule has 0 bridgehead atoms. The average molecular weight is 220 g/mol. The summed E-state index contributed by atoms with van der Waals surface area (Å²) in [5.41, 5.74) is 1.26. The third kappa shape index (κ3) is 3.69. The van der Waals surface area contributed by atoms with Gasteiger partial charge in [0.25, 0.3) is 0 Å². The van der Waals surface area contributed by atoms with Gasteiger partial charge in [-0.15, -0.1) is 0 Å². The summed E-state index contributed by atoms with van der Waals surface area (Å²) in [5, 5.41) is 0. The Balaban J connectivity index is 2.50. The maximum Gasteiger partial charge on any atom is 0.123 e. The van der Waals surface area contributed by atoms with Crippen LogP contribution in [0.25, 0.3) is 0 Å². The molecule has 0 heterocycles. The van der Waals surface area contributed by atoms with E-state index in [9.17, 15) is 4.79 Å². The van der Waals surface area contributed by atoms with E-state index in [0.29, 0.717) is 5.92 Å². The second-order valence-corrected chi connectivity index (χ2v) is 4.43. The molecule has 88 valence electrons. The second kappa shape index (κ2) is 6.31. The van der Waals surface area contributed by atoms with E-state index in [1.807, 2.05) is 12.1 Å². The molecule has 0 saturated heterocycles. The molecule has 1 rings (SSSR count). The van der Waals surface area contributed by atoms with Crippen LogP contribution in [0.2, 0.25) is 0 Å². The molecular weight excluding hydrogens is 200 g/mol. The Morgan fingerprint density at radius 2 is 1.88 bits per heavy atom. The van der Waals surface area contributed by atoms with Gasteiger partial charge >= 0.3 is 0 Å². The van der Waals surface area contributed by atoms with E-state index in [2.05, 4.69) is 26.0 Å². The van der Waals surface area contributed by atoms with Crippen molar-refractivity contribution in [1.29, 1.82) is 0 Å². The van der Waals surface area contributed by atoms with Crippen LogP contribution in [0.4, 0.5) is 0 Å². The SMILES string of the molecule is COc1ccc(CCC(C=O)C(C)C)cc1. The summed E-state index contributed by atoms with van der Waals surface area (Å²) in [4.78, 5) is 10.8. The minimum atomic E-state index is 0.169. The van der Waals surface area contributed by atoms with Crippen molar-refractivity contribution < 1.29 is 9.53 Å². The van der Waals surface area contributed by atoms with Crippen molar-refractivity contribution in [1.82, 2.24) is 0 Å². The van der Waals surface area contributed by atoms with Crippen LogP contribution in [-0.4, -0.2) is 13.4 Å². The smallest absolute Gasteiger partial charge is 0.123 e. The van der Waals surface area contributed by atoms with E-state index in [4.69, 9.17) is 4.74 Å². The first kappa shape index (κ1) is 12.8. The Hall–Kier alpha value is -1.31. The van der Waals surface area contributed by atoms with Crippen molar-refractivity contribution in [2.75, 3.05) is 7.11 Å². The summed E-state index contributed by atoms with van der Waals surface area (Å²) < 4.78 is 5.10. The minimum absolute atomic E-state index is 0.169. The fourth-order valence-corrected chi connectivity index (χ4v) is 1.68. The molecule has 1 atom stereocenters. The van der Waals surface area contributed by atoms with E-state index in [-0.39, 0.29) is 5.92 Å². The Morgan fingerprint density at radius 1 is 1.25 bits per heavy atom. The molecule has 0 fully saturated rings. The predicted molar refractivity (Wildman–Crippen MR) is 65.7 cm³/mol. The molecule has 0 amide bonds. The maximum atomic E-state index is 10.8. The van der Waals surface area contributed by atoms with Crippen LogP contribution in [0.15, 0.2) is 24.3 Å². The van der Waals surface area contributed by atoms with Crippen LogP contribution in [0.3, 0.4) is 0 Å². The second-order valence-electron chi connectivity index (χ2n) is 4.43. The highest BCUT2D eigenvalue weighted by atomic mass is 16.5. The maximum absolute atomic E-state index is 10.8. The fraction of sp³-hybridized carbons (Fsp3) is 0.500. The summed E-state index contributed by atoms with van der Waals surface area (Å²) in [7, 11) is 1.66. The molecule has 2 nitrogen and oxygen atoms in total. The Labute approximate surface area is 97.6 Å². The van der Waals surface area contributed by atoms with E-state index < -0.39 is 0 Å². The number of ether oxygens (including phenoxy) is 1. The monoisotopic (exact) mass is 220 g/mol. The third-order valence-corrected chi connectivity index (χ3v) is 2.96. The van der Waals surface area contributed by atoms with Gasteiger partial charge in [0.2, 0.25) is 0 Å². The van der Waals surface area contributed by atoms with Gasteiger partial charge in [0.15, 0.2) is 0 Å². The lowest BCUT2D eigenvalue weighted by molar-refractivity contribution is -0.112. The van der Waals surface area contributed by atoms with Gasteiger partial charge in [0.1, 0.15) is 12.0 Å². The number of aryl methyl sites for hydroxylation is 1. The molecule has 16 heavy (non-hydrogen) atoms. The van der Waals surface area contributed by atoms with Crippen LogP contribution in [0.1, 0.15) is 25.8 Å². The number of rotatable bonds is 6. The van der Waals surface area contributed by atoms with Crippen molar-refractivity contribution in [2.45, 2.75) is 26.7 Å². The first-order valence-electron chi connectivity index (χ1n) is 5.75. The van der Waals surface area contributed by atoms with E-state index in [0.717, 1.165) is 24.9 Å². The average Bonchev–Trinajstić information content (AvgIpc) is 2.30. The first-order valence-corrected chi connectivity index (χ1v) is 5.75. The van der Waals surface area contributed by atoms with Gasteiger partial charge in [-0.2, -0.15) is 0 Å². The van der Waals surface area contributed by atoms with Gasteiger partial charge in [-0.1, -0.05) is 26.0 Å². The Kier molecular flexibility index (Phi) is 5.03. The number of benzene rings is 1. The zero-order valence-electron chi connectivity index (χ0n) is 10.3. The van der Waals surface area contributed by atoms with E-state index in [1.165, 1.54) is 5.56 Å². The highest BCUT2D eigenvalue weighted by molar-refractivity contribution is 5.53. The van der Waals surface area contributed by atoms with Crippen molar-refractivity contribution >= 4 is 6.29 Å². The summed E-state index contributed by atoms with van der Waals surface area (Å²) in [5.74, 6) is 1.47. The molecule has 2 heteroatoms. The van der Waals surface area contributed by atoms with Crippen LogP contribution in [0.5, 0.6) is 5.75 Å². The van der Waals surface area contributed by atoms with Gasteiger partial charge in [-0.05, 0) is 36.5 Å². The van der Waals surface area contributed by atoms with Gasteiger partial charge in [-0.25, -0.2) is 0 Å². The molecule has 0 aliphatic heterocycles. The lowest BCUT2D eigenvalue weighted by atomic mass is 9.91. The summed E-state index contributed by atoms with van der Waals surface area (Å²) in [6.07, 6.45) is 2.95. The number of carbonyl (C=O) groups excluding carboxylic acids is 1. The molecule has 0 saturated carbocycles. The molecule has 1 unspecified atom stereocenters. The molecular formula is C14H20O2. The van der Waals surface area contributed by atoms with Crippen LogP contribution >= 0.6 is 0 Å². The highest BCUT2D eigenvalue weighted by Gasteiger charge is 2.11. The number of hydrogen-bond donors (Lipinski definition) is 0. The van der Waals surface area contributed by atoms with Crippen LogP contribution < -0.4 is 4.74 Å². The molecule has 0 aliphatic carbocycles. The Morgan fingerprint density at radius 3 is 2.31 bits per heavy atom. The van der Waals surface area contributed by atoms with Crippen molar-refractivity contribution in [3.8, 4) is 5.75 Å². The topological polar surface area (TPSA) is 26.3 Å². The predicted octanol–water partition coefficient (Wildman–Crippen LogP) is 3.10. The van der Waals surface area contributed by atoms with Crippen molar-refractivity contribution in [2.24, 2.45) is 11.8 Å². The van der Waals surface area contributed by atoms with Crippen LogP contribution in [0, 0.1) is 11.8 Å². The first-order chi connectivity index (χ1) is 7.67. The summed E-state index contributed by atoms with van der Waals surface area (Å²) in [6.45, 7) is 4.18. The summed E-state index contributed by atoms with van der Waals surface area (Å²) in [6, 6.07) is 8.03. The van der Waals surface area contributed by atoms with Gasteiger partial charge in [-0.3, -0.25) is 0 Å².